The Hall–Kier alpha value is -3.35. The topological polar surface area (TPSA) is 84.9 Å². The van der Waals surface area contributed by atoms with Crippen molar-refractivity contribution in [3.8, 4) is 11.5 Å². The van der Waals surface area contributed by atoms with E-state index in [1.807, 2.05) is 12.1 Å². The monoisotopic (exact) mass is 392 g/mol. The molecular weight excluding hydrogens is 372 g/mol. The lowest BCUT2D eigenvalue weighted by Crippen LogP contribution is -2.41. The molecule has 1 atom stereocenters. The Morgan fingerprint density at radius 3 is 2.72 bits per heavy atom. The number of nitrogens with zero attached hydrogens (tertiary/aromatic N) is 1. The van der Waals surface area contributed by atoms with Gasteiger partial charge in [-0.05, 0) is 61.1 Å². The summed E-state index contributed by atoms with van der Waals surface area (Å²) in [6.45, 7) is 1.46. The van der Waals surface area contributed by atoms with Gasteiger partial charge in [-0.25, -0.2) is 4.79 Å². The highest BCUT2D eigenvalue weighted by Crippen LogP contribution is 2.38. The highest BCUT2D eigenvalue weighted by atomic mass is 16.7. The molecule has 0 radical (unpaired) electrons. The number of hydrogen-bond acceptors (Lipinski definition) is 5. The Kier molecular flexibility index (Phi) is 3.87. The van der Waals surface area contributed by atoms with Gasteiger partial charge < -0.3 is 14.8 Å². The van der Waals surface area contributed by atoms with E-state index < -0.39 is 17.5 Å². The minimum Gasteiger partial charge on any atom is -0.454 e. The summed E-state index contributed by atoms with van der Waals surface area (Å²) in [5.74, 6) is 0.408. The number of ketones is 1. The number of imide groups is 1. The van der Waals surface area contributed by atoms with Crippen LogP contribution < -0.4 is 14.8 Å². The van der Waals surface area contributed by atoms with Gasteiger partial charge in [0, 0.05) is 5.56 Å². The Bertz CT molecular complexity index is 1060. The molecule has 7 nitrogen and oxygen atoms in total. The van der Waals surface area contributed by atoms with Crippen molar-refractivity contribution in [3.05, 3.63) is 58.7 Å². The molecule has 0 unspecified atom stereocenters. The van der Waals surface area contributed by atoms with Crippen molar-refractivity contribution >= 4 is 17.7 Å². The van der Waals surface area contributed by atoms with Gasteiger partial charge in [-0.15, -0.1) is 0 Å². The molecule has 2 aromatic rings. The first kappa shape index (κ1) is 17.7. The molecule has 0 saturated carbocycles. The predicted octanol–water partition coefficient (Wildman–Crippen LogP) is 2.55. The fourth-order valence-corrected chi connectivity index (χ4v) is 4.22. The third kappa shape index (κ3) is 2.76. The SMILES string of the molecule is C[C@@]1(c2ccc3c(c2)OCO3)NC(=O)N(CC(=O)c2ccc3c(c2)CCC3)C1=O. The molecule has 0 bridgehead atoms. The average molecular weight is 392 g/mol. The molecule has 0 aromatic heterocycles. The normalized spacial score (nSPS) is 22.0. The molecule has 148 valence electrons. The predicted molar refractivity (Wildman–Crippen MR) is 103 cm³/mol. The van der Waals surface area contributed by atoms with Crippen LogP contribution in [0.5, 0.6) is 11.5 Å². The van der Waals surface area contributed by atoms with E-state index >= 15 is 0 Å². The third-order valence-corrected chi connectivity index (χ3v) is 5.95. The number of nitrogens with one attached hydrogen (secondary N) is 1. The van der Waals surface area contributed by atoms with Gasteiger partial charge in [0.25, 0.3) is 5.91 Å². The number of rotatable bonds is 4. The van der Waals surface area contributed by atoms with Crippen LogP contribution in [0.15, 0.2) is 36.4 Å². The molecular formula is C22H20N2O5. The molecule has 7 heteroatoms. The van der Waals surface area contributed by atoms with Crippen molar-refractivity contribution in [2.24, 2.45) is 0 Å². The lowest BCUT2D eigenvalue weighted by molar-refractivity contribution is -0.130. The van der Waals surface area contributed by atoms with E-state index in [2.05, 4.69) is 5.32 Å². The van der Waals surface area contributed by atoms with Gasteiger partial charge in [0.1, 0.15) is 5.54 Å². The highest BCUT2D eigenvalue weighted by molar-refractivity contribution is 6.11. The summed E-state index contributed by atoms with van der Waals surface area (Å²) in [7, 11) is 0. The van der Waals surface area contributed by atoms with Crippen LogP contribution in [0.25, 0.3) is 0 Å². The fourth-order valence-electron chi connectivity index (χ4n) is 4.22. The molecule has 1 aliphatic carbocycles. The van der Waals surface area contributed by atoms with Crippen LogP contribution in [0.4, 0.5) is 4.79 Å². The summed E-state index contributed by atoms with van der Waals surface area (Å²) in [5, 5.41) is 2.72. The maximum Gasteiger partial charge on any atom is 0.325 e. The van der Waals surface area contributed by atoms with Crippen molar-refractivity contribution < 1.29 is 23.9 Å². The summed E-state index contributed by atoms with van der Waals surface area (Å²) in [6.07, 6.45) is 3.08. The summed E-state index contributed by atoms with van der Waals surface area (Å²) >= 11 is 0. The molecule has 2 aliphatic heterocycles. The van der Waals surface area contributed by atoms with Gasteiger partial charge in [0.15, 0.2) is 17.3 Å². The number of benzene rings is 2. The summed E-state index contributed by atoms with van der Waals surface area (Å²) in [5.41, 5.74) is 2.29. The number of carbonyl (C=O) groups is 3. The molecule has 0 spiro atoms. The van der Waals surface area contributed by atoms with Crippen LogP contribution >= 0.6 is 0 Å². The number of hydrogen-bond donors (Lipinski definition) is 1. The zero-order chi connectivity index (χ0) is 20.2. The van der Waals surface area contributed by atoms with E-state index in [0.717, 1.165) is 24.2 Å². The average Bonchev–Trinajstić information content (AvgIpc) is 3.42. The molecule has 1 N–H and O–H groups in total. The smallest absolute Gasteiger partial charge is 0.325 e. The van der Waals surface area contributed by atoms with Gasteiger partial charge in [0.2, 0.25) is 6.79 Å². The van der Waals surface area contributed by atoms with E-state index in [1.165, 1.54) is 11.1 Å². The van der Waals surface area contributed by atoms with Gasteiger partial charge in [-0.3, -0.25) is 14.5 Å². The van der Waals surface area contributed by atoms with Crippen LogP contribution in [-0.4, -0.2) is 36.0 Å². The van der Waals surface area contributed by atoms with E-state index in [1.54, 1.807) is 31.2 Å². The molecule has 29 heavy (non-hydrogen) atoms. The molecule has 1 saturated heterocycles. The largest absolute Gasteiger partial charge is 0.454 e. The summed E-state index contributed by atoms with van der Waals surface area (Å²) in [6, 6.07) is 10.2. The zero-order valence-corrected chi connectivity index (χ0v) is 16.0. The van der Waals surface area contributed by atoms with E-state index in [4.69, 9.17) is 9.47 Å². The van der Waals surface area contributed by atoms with Gasteiger partial charge >= 0.3 is 6.03 Å². The van der Waals surface area contributed by atoms with Crippen molar-refractivity contribution in [3.63, 3.8) is 0 Å². The number of ether oxygens (including phenoxy) is 2. The second kappa shape index (κ2) is 6.34. The number of urea groups is 1. The van der Waals surface area contributed by atoms with Gasteiger partial charge in [-0.1, -0.05) is 18.2 Å². The van der Waals surface area contributed by atoms with Crippen LogP contribution in [0.1, 0.15) is 40.4 Å². The van der Waals surface area contributed by atoms with Crippen LogP contribution in [-0.2, 0) is 23.2 Å². The minimum absolute atomic E-state index is 0.122. The maximum absolute atomic E-state index is 13.1. The van der Waals surface area contributed by atoms with Crippen molar-refractivity contribution in [2.45, 2.75) is 31.7 Å². The molecule has 1 fully saturated rings. The van der Waals surface area contributed by atoms with Crippen LogP contribution in [0, 0.1) is 0 Å². The highest BCUT2D eigenvalue weighted by Gasteiger charge is 2.49. The van der Waals surface area contributed by atoms with E-state index in [-0.39, 0.29) is 19.1 Å². The summed E-state index contributed by atoms with van der Waals surface area (Å²) in [4.78, 5) is 39.4. The van der Waals surface area contributed by atoms with Gasteiger partial charge in [0.05, 0.1) is 6.54 Å². The zero-order valence-electron chi connectivity index (χ0n) is 16.0. The Morgan fingerprint density at radius 1 is 1.07 bits per heavy atom. The number of amides is 3. The molecule has 3 aliphatic rings. The second-order valence-corrected chi connectivity index (χ2v) is 7.77. The van der Waals surface area contributed by atoms with Crippen molar-refractivity contribution in [2.75, 3.05) is 13.3 Å². The van der Waals surface area contributed by atoms with Crippen molar-refractivity contribution in [1.29, 1.82) is 0 Å². The lowest BCUT2D eigenvalue weighted by atomic mass is 9.91. The standard InChI is InChI=1S/C22H20N2O5/c1-22(16-7-8-18-19(10-16)29-12-28-18)20(26)24(21(27)23-22)11-17(25)15-6-5-13-3-2-4-14(13)9-15/h5-10H,2-4,11-12H2,1H3,(H,23,27)/t22-/m0/s1. The van der Waals surface area contributed by atoms with Crippen LogP contribution in [0.2, 0.25) is 0 Å². The number of Topliss-reactive ketones (excluding diaryl/α,β-unsaturated/α-hetero) is 1. The Labute approximate surface area is 167 Å². The first-order chi connectivity index (χ1) is 14.0. The van der Waals surface area contributed by atoms with E-state index in [9.17, 15) is 14.4 Å². The first-order valence-electron chi connectivity index (χ1n) is 9.65. The first-order valence-corrected chi connectivity index (χ1v) is 9.65. The minimum atomic E-state index is -1.27. The molecule has 2 heterocycles. The fraction of sp³-hybridized carbons (Fsp3) is 0.318. The molecule has 2 aromatic carbocycles. The number of aryl methyl sites for hydroxylation is 2. The molecule has 3 amide bonds. The number of carbonyl (C=O) groups excluding carboxylic acids is 3. The lowest BCUT2D eigenvalue weighted by Gasteiger charge is -2.22. The summed E-state index contributed by atoms with van der Waals surface area (Å²) < 4.78 is 10.7. The van der Waals surface area contributed by atoms with Crippen LogP contribution in [0.3, 0.4) is 0 Å². The third-order valence-electron chi connectivity index (χ3n) is 5.95. The second-order valence-electron chi connectivity index (χ2n) is 7.77. The Balaban J connectivity index is 1.38. The number of fused-ring (bicyclic) bond motifs is 2. The van der Waals surface area contributed by atoms with Crippen molar-refractivity contribution in [1.82, 2.24) is 10.2 Å². The quantitative estimate of drug-likeness (QED) is 0.639. The van der Waals surface area contributed by atoms with E-state index in [0.29, 0.717) is 22.6 Å². The molecule has 5 rings (SSSR count). The Morgan fingerprint density at radius 2 is 1.86 bits per heavy atom. The van der Waals surface area contributed by atoms with Gasteiger partial charge in [-0.2, -0.15) is 0 Å². The maximum atomic E-state index is 13.1.